The Bertz CT molecular complexity index is 297. The third-order valence-electron chi connectivity index (χ3n) is 2.10. The van der Waals surface area contributed by atoms with Crippen molar-refractivity contribution in [2.45, 2.75) is 6.10 Å². The summed E-state index contributed by atoms with van der Waals surface area (Å²) in [6, 6.07) is 7.54. The number of benzene rings is 1. The molecule has 0 aliphatic heterocycles. The van der Waals surface area contributed by atoms with Crippen molar-refractivity contribution >= 4 is 27.5 Å². The molecular formula is C11H12BrClO. The standard InChI is InChI=1S/C11H12BrClO/c1-2-8(7-13)11(14)9-3-5-10(12)6-4-9/h2-6,8,11,14H,1,7H2/t8-,11+/m1/s1. The van der Waals surface area contributed by atoms with E-state index in [9.17, 15) is 5.11 Å². The molecule has 0 bridgehead atoms. The monoisotopic (exact) mass is 274 g/mol. The van der Waals surface area contributed by atoms with Crippen LogP contribution in [0.2, 0.25) is 0 Å². The van der Waals surface area contributed by atoms with Gasteiger partial charge in [0.1, 0.15) is 0 Å². The molecule has 0 amide bonds. The van der Waals surface area contributed by atoms with Gasteiger partial charge in [-0.15, -0.1) is 18.2 Å². The van der Waals surface area contributed by atoms with E-state index in [0.29, 0.717) is 5.88 Å². The maximum atomic E-state index is 9.90. The van der Waals surface area contributed by atoms with E-state index in [2.05, 4.69) is 22.5 Å². The Kier molecular flexibility index (Phi) is 4.66. The molecule has 1 rings (SSSR count). The molecule has 76 valence electrons. The van der Waals surface area contributed by atoms with Gasteiger partial charge in [-0.3, -0.25) is 0 Å². The van der Waals surface area contributed by atoms with E-state index in [1.807, 2.05) is 24.3 Å². The van der Waals surface area contributed by atoms with Crippen molar-refractivity contribution in [1.82, 2.24) is 0 Å². The van der Waals surface area contributed by atoms with Crippen LogP contribution in [0.1, 0.15) is 11.7 Å². The molecule has 0 heterocycles. The van der Waals surface area contributed by atoms with E-state index >= 15 is 0 Å². The van der Waals surface area contributed by atoms with Crippen LogP contribution in [0.25, 0.3) is 0 Å². The topological polar surface area (TPSA) is 20.2 Å². The lowest BCUT2D eigenvalue weighted by Crippen LogP contribution is -2.11. The number of aliphatic hydroxyl groups excluding tert-OH is 1. The van der Waals surface area contributed by atoms with E-state index in [-0.39, 0.29) is 5.92 Å². The fraction of sp³-hybridized carbons (Fsp3) is 0.273. The Morgan fingerprint density at radius 2 is 2.00 bits per heavy atom. The number of aliphatic hydroxyl groups is 1. The minimum absolute atomic E-state index is 0.0992. The molecular weight excluding hydrogens is 263 g/mol. The van der Waals surface area contributed by atoms with Gasteiger partial charge >= 0.3 is 0 Å². The van der Waals surface area contributed by atoms with Crippen LogP contribution in [-0.2, 0) is 0 Å². The lowest BCUT2D eigenvalue weighted by Gasteiger charge is -2.17. The summed E-state index contributed by atoms with van der Waals surface area (Å²) < 4.78 is 0.995. The number of halogens is 2. The van der Waals surface area contributed by atoms with Gasteiger partial charge in [0, 0.05) is 16.3 Å². The maximum absolute atomic E-state index is 9.90. The van der Waals surface area contributed by atoms with Gasteiger partial charge < -0.3 is 5.11 Å². The Hall–Kier alpha value is -0.310. The van der Waals surface area contributed by atoms with Crippen LogP contribution in [0.15, 0.2) is 41.4 Å². The third kappa shape index (κ3) is 2.84. The minimum Gasteiger partial charge on any atom is -0.388 e. The molecule has 0 saturated carbocycles. The molecule has 3 heteroatoms. The summed E-state index contributed by atoms with van der Waals surface area (Å²) in [6.07, 6.45) is 1.11. The third-order valence-corrected chi connectivity index (χ3v) is 2.98. The quantitative estimate of drug-likeness (QED) is 0.658. The van der Waals surface area contributed by atoms with Crippen molar-refractivity contribution in [3.63, 3.8) is 0 Å². The summed E-state index contributed by atoms with van der Waals surface area (Å²) in [5, 5.41) is 9.90. The number of alkyl halides is 1. The highest BCUT2D eigenvalue weighted by Crippen LogP contribution is 2.25. The molecule has 0 unspecified atom stereocenters. The molecule has 0 aromatic heterocycles. The van der Waals surface area contributed by atoms with E-state index in [1.54, 1.807) is 6.08 Å². The Balaban J connectivity index is 2.82. The molecule has 1 nitrogen and oxygen atoms in total. The predicted molar refractivity (Wildman–Crippen MR) is 63.5 cm³/mol. The first-order chi connectivity index (χ1) is 6.69. The summed E-state index contributed by atoms with van der Waals surface area (Å²) in [5.41, 5.74) is 0.860. The van der Waals surface area contributed by atoms with Crippen molar-refractivity contribution in [2.75, 3.05) is 5.88 Å². The summed E-state index contributed by atoms with van der Waals surface area (Å²) in [5.74, 6) is 0.277. The second-order valence-corrected chi connectivity index (χ2v) is 4.27. The van der Waals surface area contributed by atoms with Crippen LogP contribution in [0, 0.1) is 5.92 Å². The lowest BCUT2D eigenvalue weighted by molar-refractivity contribution is 0.141. The second-order valence-electron chi connectivity index (χ2n) is 3.05. The first kappa shape index (κ1) is 11.8. The molecule has 14 heavy (non-hydrogen) atoms. The maximum Gasteiger partial charge on any atom is 0.0863 e. The average Bonchev–Trinajstić information content (AvgIpc) is 2.20. The molecule has 0 spiro atoms. The zero-order valence-corrected chi connectivity index (χ0v) is 10.0. The van der Waals surface area contributed by atoms with Crippen molar-refractivity contribution in [2.24, 2.45) is 5.92 Å². The van der Waals surface area contributed by atoms with Crippen LogP contribution in [0.5, 0.6) is 0 Å². The van der Waals surface area contributed by atoms with Gasteiger partial charge in [-0.05, 0) is 17.7 Å². The average molecular weight is 276 g/mol. The largest absolute Gasteiger partial charge is 0.388 e. The van der Waals surface area contributed by atoms with Gasteiger partial charge in [0.05, 0.1) is 6.10 Å². The fourth-order valence-corrected chi connectivity index (χ4v) is 1.74. The Labute approximate surface area is 97.5 Å². The molecule has 0 saturated heterocycles. The normalized spacial score (nSPS) is 14.8. The second kappa shape index (κ2) is 5.54. The van der Waals surface area contributed by atoms with E-state index in [0.717, 1.165) is 10.0 Å². The highest BCUT2D eigenvalue weighted by molar-refractivity contribution is 9.10. The first-order valence-electron chi connectivity index (χ1n) is 4.31. The van der Waals surface area contributed by atoms with Gasteiger partial charge in [0.15, 0.2) is 0 Å². The highest BCUT2D eigenvalue weighted by Gasteiger charge is 2.16. The van der Waals surface area contributed by atoms with Crippen LogP contribution in [0.4, 0.5) is 0 Å². The zero-order valence-electron chi connectivity index (χ0n) is 7.66. The number of hydrogen-bond acceptors (Lipinski definition) is 1. The molecule has 0 fully saturated rings. The van der Waals surface area contributed by atoms with E-state index < -0.39 is 6.10 Å². The van der Waals surface area contributed by atoms with Gasteiger partial charge in [0.2, 0.25) is 0 Å². The molecule has 2 atom stereocenters. The molecule has 0 aliphatic carbocycles. The van der Waals surface area contributed by atoms with Crippen LogP contribution in [0.3, 0.4) is 0 Å². The predicted octanol–water partition coefficient (Wildman–Crippen LogP) is 3.52. The molecule has 0 aliphatic rings. The number of hydrogen-bond donors (Lipinski definition) is 1. The minimum atomic E-state index is -0.571. The van der Waals surface area contributed by atoms with Crippen LogP contribution in [-0.4, -0.2) is 11.0 Å². The van der Waals surface area contributed by atoms with Crippen molar-refractivity contribution in [3.05, 3.63) is 47.0 Å². The lowest BCUT2D eigenvalue weighted by atomic mass is 9.98. The Morgan fingerprint density at radius 3 is 2.43 bits per heavy atom. The Morgan fingerprint density at radius 1 is 1.43 bits per heavy atom. The van der Waals surface area contributed by atoms with Gasteiger partial charge in [-0.2, -0.15) is 0 Å². The summed E-state index contributed by atoms with van der Waals surface area (Å²) >= 11 is 9.04. The van der Waals surface area contributed by atoms with Gasteiger partial charge in [0.25, 0.3) is 0 Å². The molecule has 1 N–H and O–H groups in total. The van der Waals surface area contributed by atoms with Crippen molar-refractivity contribution in [1.29, 1.82) is 0 Å². The van der Waals surface area contributed by atoms with Gasteiger partial charge in [-0.25, -0.2) is 0 Å². The van der Waals surface area contributed by atoms with Gasteiger partial charge in [-0.1, -0.05) is 34.1 Å². The summed E-state index contributed by atoms with van der Waals surface area (Å²) in [7, 11) is 0. The zero-order chi connectivity index (χ0) is 10.6. The van der Waals surface area contributed by atoms with Crippen molar-refractivity contribution in [3.8, 4) is 0 Å². The SMILES string of the molecule is C=C[C@H](CCl)[C@H](O)c1ccc(Br)cc1. The smallest absolute Gasteiger partial charge is 0.0863 e. The van der Waals surface area contributed by atoms with Crippen molar-refractivity contribution < 1.29 is 5.11 Å². The summed E-state index contributed by atoms with van der Waals surface area (Å²) in [6.45, 7) is 3.64. The van der Waals surface area contributed by atoms with Crippen LogP contribution < -0.4 is 0 Å². The number of rotatable bonds is 4. The highest BCUT2D eigenvalue weighted by atomic mass is 79.9. The first-order valence-corrected chi connectivity index (χ1v) is 5.64. The summed E-state index contributed by atoms with van der Waals surface area (Å²) in [4.78, 5) is 0. The molecule has 1 aromatic rings. The van der Waals surface area contributed by atoms with E-state index in [1.165, 1.54) is 0 Å². The van der Waals surface area contributed by atoms with Crippen LogP contribution >= 0.6 is 27.5 Å². The fourth-order valence-electron chi connectivity index (χ4n) is 1.18. The molecule has 0 radical (unpaired) electrons. The molecule has 1 aromatic carbocycles. The van der Waals surface area contributed by atoms with E-state index in [4.69, 9.17) is 11.6 Å².